The summed E-state index contributed by atoms with van der Waals surface area (Å²) in [7, 11) is 0. The molecule has 0 aliphatic heterocycles. The van der Waals surface area contributed by atoms with E-state index < -0.39 is 0 Å². The second-order valence-corrected chi connectivity index (χ2v) is 19.1. The van der Waals surface area contributed by atoms with Crippen molar-refractivity contribution >= 4 is 22.8 Å². The van der Waals surface area contributed by atoms with Crippen molar-refractivity contribution in [2.24, 2.45) is 9.98 Å². The number of unbranched alkanes of at least 4 members (excludes halogenated alkanes) is 17. The quantitative estimate of drug-likeness (QED) is 0.0259. The molecule has 0 fully saturated rings. The molecule has 0 radical (unpaired) electrons. The normalized spacial score (nSPS) is 11.5. The first kappa shape index (κ1) is 61.7. The molecule has 376 valence electrons. The van der Waals surface area contributed by atoms with Gasteiger partial charge in [0.1, 0.15) is 5.71 Å². The van der Waals surface area contributed by atoms with E-state index in [1.54, 1.807) is 12.1 Å². The third-order valence-corrected chi connectivity index (χ3v) is 12.6. The number of rotatable bonds is 34. The molecule has 0 atom stereocenters. The van der Waals surface area contributed by atoms with Crippen LogP contribution >= 0.6 is 0 Å². The Labute approximate surface area is 423 Å². The SMILES string of the molecule is CCCCCCCCCCC#CC(=Nc1cc(CCCC)cc(CCCC)c1)C(CCCCCC)=Nc1cc(CCCC)cc(CCCC)c1.CCCCc1cc([O-])c([O-])cc1CCCC.[Ni+2]. The Bertz CT molecular complexity index is 1760. The molecule has 0 saturated heterocycles. The van der Waals surface area contributed by atoms with Gasteiger partial charge >= 0.3 is 16.5 Å². The van der Waals surface area contributed by atoms with E-state index in [1.807, 2.05) is 0 Å². The first-order chi connectivity index (χ1) is 32.2. The Hall–Kier alpha value is -3.35. The van der Waals surface area contributed by atoms with Gasteiger partial charge in [0, 0.05) is 6.42 Å². The molecule has 0 heterocycles. The number of aliphatic imine (C=N–C) groups is 2. The van der Waals surface area contributed by atoms with Crippen molar-refractivity contribution in [2.75, 3.05) is 0 Å². The standard InChI is InChI=1S/C48H76N2.C14H22O2.Ni/c1-7-13-19-21-22-23-24-25-26-28-34-48(50-46-39-43(31-17-11-5)36-44(40-46)32-18-12-6)47(33-27-20-14-8-2)49-45-37-41(29-15-9-3)35-42(38-45)30-16-10-4;1-3-5-7-11-9-13(15)14(16)10-12(11)8-6-4-2;/h35-40H,7-27,29-33H2,1-6H3;9-10,15-16H,3-8H2,1-2H3;/q;;+2/p-2. The monoisotopic (exact) mass is 959 g/mol. The molecule has 5 heteroatoms. The van der Waals surface area contributed by atoms with E-state index in [4.69, 9.17) is 9.98 Å². The van der Waals surface area contributed by atoms with Crippen molar-refractivity contribution in [1.29, 1.82) is 0 Å². The van der Waals surface area contributed by atoms with Crippen LogP contribution in [0.3, 0.4) is 0 Å². The second-order valence-electron chi connectivity index (χ2n) is 19.1. The van der Waals surface area contributed by atoms with Crippen molar-refractivity contribution in [3.05, 3.63) is 81.9 Å². The Kier molecular flexibility index (Phi) is 37.3. The van der Waals surface area contributed by atoms with Gasteiger partial charge in [0.15, 0.2) is 0 Å². The minimum atomic E-state index is -0.355. The summed E-state index contributed by atoms with van der Waals surface area (Å²) >= 11 is 0. The van der Waals surface area contributed by atoms with Crippen LogP contribution in [0.15, 0.2) is 58.5 Å². The van der Waals surface area contributed by atoms with Gasteiger partial charge in [-0.05, 0) is 160 Å². The maximum atomic E-state index is 11.3. The smallest absolute Gasteiger partial charge is 0.873 e. The Morgan fingerprint density at radius 1 is 0.388 bits per heavy atom. The molecule has 0 aromatic heterocycles. The Morgan fingerprint density at radius 2 is 0.731 bits per heavy atom. The first-order valence-electron chi connectivity index (χ1n) is 27.7. The molecule has 0 aliphatic rings. The van der Waals surface area contributed by atoms with Crippen LogP contribution in [0, 0.1) is 11.8 Å². The average molecular weight is 960 g/mol. The largest absolute Gasteiger partial charge is 2.00 e. The molecule has 0 bridgehead atoms. The van der Waals surface area contributed by atoms with Crippen LogP contribution in [0.4, 0.5) is 11.4 Å². The number of benzene rings is 3. The summed E-state index contributed by atoms with van der Waals surface area (Å²) in [6.45, 7) is 18.0. The van der Waals surface area contributed by atoms with Crippen molar-refractivity contribution in [3.63, 3.8) is 0 Å². The van der Waals surface area contributed by atoms with E-state index in [0.29, 0.717) is 0 Å². The van der Waals surface area contributed by atoms with E-state index >= 15 is 0 Å². The molecule has 0 spiro atoms. The summed E-state index contributed by atoms with van der Waals surface area (Å²) in [6.07, 6.45) is 37.7. The van der Waals surface area contributed by atoms with Gasteiger partial charge in [-0.2, -0.15) is 0 Å². The van der Waals surface area contributed by atoms with Gasteiger partial charge in [0.2, 0.25) is 0 Å². The van der Waals surface area contributed by atoms with E-state index in [9.17, 15) is 10.2 Å². The fourth-order valence-corrected chi connectivity index (χ4v) is 8.45. The van der Waals surface area contributed by atoms with Crippen molar-refractivity contribution < 1.29 is 26.7 Å². The first-order valence-corrected chi connectivity index (χ1v) is 27.7. The molecule has 3 aromatic rings. The number of hydrogen-bond donors (Lipinski definition) is 0. The van der Waals surface area contributed by atoms with Crippen molar-refractivity contribution in [2.45, 2.75) is 261 Å². The molecule has 0 unspecified atom stereocenters. The summed E-state index contributed by atoms with van der Waals surface area (Å²) in [4.78, 5) is 10.9. The summed E-state index contributed by atoms with van der Waals surface area (Å²) < 4.78 is 0. The second kappa shape index (κ2) is 40.5. The third kappa shape index (κ3) is 28.0. The fraction of sp³-hybridized carbons (Fsp3) is 0.645. The van der Waals surface area contributed by atoms with Crippen LogP contribution in [0.2, 0.25) is 0 Å². The molecular formula is C62H96N2NiO2. The molecule has 3 aromatic carbocycles. The maximum Gasteiger partial charge on any atom is 2.00 e. The molecule has 3 rings (SSSR count). The minimum Gasteiger partial charge on any atom is -0.873 e. The number of hydrogen-bond acceptors (Lipinski definition) is 4. The maximum absolute atomic E-state index is 11.3. The summed E-state index contributed by atoms with van der Waals surface area (Å²) in [6, 6.07) is 17.3. The van der Waals surface area contributed by atoms with Crippen LogP contribution in [-0.2, 0) is 55.0 Å². The molecule has 0 saturated carbocycles. The molecule has 0 aliphatic carbocycles. The van der Waals surface area contributed by atoms with Gasteiger partial charge < -0.3 is 10.2 Å². The predicted octanol–water partition coefficient (Wildman–Crippen LogP) is 17.9. The van der Waals surface area contributed by atoms with E-state index in [-0.39, 0.29) is 28.0 Å². The molecule has 0 N–H and O–H groups in total. The van der Waals surface area contributed by atoms with Gasteiger partial charge in [-0.1, -0.05) is 188 Å². The molecule has 0 amide bonds. The van der Waals surface area contributed by atoms with Gasteiger partial charge in [0.05, 0.1) is 17.1 Å². The zero-order valence-electron chi connectivity index (χ0n) is 44.3. The van der Waals surface area contributed by atoms with Crippen LogP contribution in [-0.4, -0.2) is 11.4 Å². The van der Waals surface area contributed by atoms with Gasteiger partial charge in [0.25, 0.3) is 0 Å². The molecule has 67 heavy (non-hydrogen) atoms. The zero-order chi connectivity index (χ0) is 48.0. The van der Waals surface area contributed by atoms with Gasteiger partial charge in [-0.3, -0.25) is 4.99 Å². The van der Waals surface area contributed by atoms with Crippen molar-refractivity contribution in [3.8, 4) is 23.3 Å². The van der Waals surface area contributed by atoms with Crippen molar-refractivity contribution in [1.82, 2.24) is 0 Å². The minimum absolute atomic E-state index is 0. The topological polar surface area (TPSA) is 70.8 Å². The number of aryl methyl sites for hydroxylation is 6. The van der Waals surface area contributed by atoms with Crippen LogP contribution in [0.1, 0.15) is 256 Å². The van der Waals surface area contributed by atoms with Gasteiger partial charge in [-0.25, -0.2) is 4.99 Å². The van der Waals surface area contributed by atoms with E-state index in [1.165, 1.54) is 144 Å². The van der Waals surface area contributed by atoms with Crippen LogP contribution in [0.25, 0.3) is 0 Å². The van der Waals surface area contributed by atoms with Gasteiger partial charge in [-0.15, -0.1) is 11.5 Å². The summed E-state index contributed by atoms with van der Waals surface area (Å²) in [5.74, 6) is 6.53. The Balaban J connectivity index is 0.00000111. The third-order valence-electron chi connectivity index (χ3n) is 12.6. The molecule has 4 nitrogen and oxygen atoms in total. The predicted molar refractivity (Wildman–Crippen MR) is 288 cm³/mol. The van der Waals surface area contributed by atoms with E-state index in [2.05, 4.69) is 104 Å². The average Bonchev–Trinajstić information content (AvgIpc) is 3.32. The number of nitrogens with zero attached hydrogens (tertiary/aromatic N) is 2. The fourth-order valence-electron chi connectivity index (χ4n) is 8.45. The van der Waals surface area contributed by atoms with Crippen LogP contribution < -0.4 is 10.2 Å². The van der Waals surface area contributed by atoms with Crippen LogP contribution in [0.5, 0.6) is 11.5 Å². The zero-order valence-corrected chi connectivity index (χ0v) is 45.3. The summed E-state index contributed by atoms with van der Waals surface area (Å²) in [5, 5.41) is 22.6. The molecular weight excluding hydrogens is 863 g/mol. The van der Waals surface area contributed by atoms with E-state index in [0.717, 1.165) is 117 Å². The Morgan fingerprint density at radius 3 is 1.13 bits per heavy atom. The summed E-state index contributed by atoms with van der Waals surface area (Å²) in [5.41, 5.74) is 12.0.